The summed E-state index contributed by atoms with van der Waals surface area (Å²) in [5.74, 6) is 0. The van der Waals surface area contributed by atoms with E-state index in [2.05, 4.69) is 0 Å². The molecule has 0 radical (unpaired) electrons. The van der Waals surface area contributed by atoms with Gasteiger partial charge in [0.2, 0.25) is 0 Å². The van der Waals surface area contributed by atoms with E-state index in [-0.39, 0.29) is 0 Å². The van der Waals surface area contributed by atoms with Gasteiger partial charge in [0.25, 0.3) is 0 Å². The summed E-state index contributed by atoms with van der Waals surface area (Å²) in [5, 5.41) is 0. The molecule has 5 N–H and O–H groups in total. The first-order valence-electron chi connectivity index (χ1n) is 2.41. The van der Waals surface area contributed by atoms with Crippen LogP contribution in [0.3, 0.4) is 0 Å². The fourth-order valence-corrected chi connectivity index (χ4v) is 0.822. The maximum Gasteiger partial charge on any atom is 0.510 e. The fourth-order valence-electron chi connectivity index (χ4n) is 0.274. The minimum Gasteiger partial charge on any atom is -0.389 e. The summed E-state index contributed by atoms with van der Waals surface area (Å²) in [4.78, 5) is 25.2. The van der Waals surface area contributed by atoms with Crippen molar-refractivity contribution in [2.45, 2.75) is 19.0 Å². The van der Waals surface area contributed by atoms with Gasteiger partial charge in [0.1, 0.15) is 0 Å². The first kappa shape index (κ1) is 8.06. The Kier molecular flexibility index (Phi) is 2.58. The standard InChI is InChI=1S/C3H11NO3Si/c1-2-3(4)8(5,6)7/h3,5-7H,2,4H2,1H3. The maximum atomic E-state index is 8.41. The molecule has 0 saturated heterocycles. The Hall–Kier alpha value is 0.0569. The quantitative estimate of drug-likeness (QED) is 0.337. The molecule has 0 aromatic carbocycles. The van der Waals surface area contributed by atoms with Gasteiger partial charge in [0.05, 0.1) is 5.67 Å². The van der Waals surface area contributed by atoms with Crippen LogP contribution in [0.1, 0.15) is 13.3 Å². The Morgan fingerprint density at radius 1 is 1.50 bits per heavy atom. The average Bonchev–Trinajstić information content (AvgIpc) is 1.62. The molecule has 0 rings (SSSR count). The molecule has 0 aromatic rings. The number of hydrogen-bond donors (Lipinski definition) is 4. The van der Waals surface area contributed by atoms with Crippen LogP contribution in [0.4, 0.5) is 0 Å². The molecule has 1 atom stereocenters. The smallest absolute Gasteiger partial charge is 0.389 e. The van der Waals surface area contributed by atoms with Crippen molar-refractivity contribution in [3.05, 3.63) is 0 Å². The molecule has 50 valence electrons. The summed E-state index contributed by atoms with van der Waals surface area (Å²) in [6.07, 6.45) is 0.385. The van der Waals surface area contributed by atoms with Crippen molar-refractivity contribution in [1.29, 1.82) is 0 Å². The molecular formula is C3H11NO3Si. The molecule has 8 heavy (non-hydrogen) atoms. The highest BCUT2D eigenvalue weighted by molar-refractivity contribution is 6.58. The van der Waals surface area contributed by atoms with Crippen LogP contribution in [-0.2, 0) is 0 Å². The monoisotopic (exact) mass is 137 g/mol. The lowest BCUT2D eigenvalue weighted by Crippen LogP contribution is -2.53. The van der Waals surface area contributed by atoms with Crippen molar-refractivity contribution in [3.63, 3.8) is 0 Å². The van der Waals surface area contributed by atoms with E-state index >= 15 is 0 Å². The van der Waals surface area contributed by atoms with E-state index in [1.165, 1.54) is 0 Å². The van der Waals surface area contributed by atoms with Gasteiger partial charge in [-0.25, -0.2) is 0 Å². The number of hydrogen-bond acceptors (Lipinski definition) is 4. The molecular weight excluding hydrogens is 126 g/mol. The molecule has 5 heteroatoms. The van der Waals surface area contributed by atoms with Crippen molar-refractivity contribution in [1.82, 2.24) is 0 Å². The van der Waals surface area contributed by atoms with Gasteiger partial charge in [0, 0.05) is 0 Å². The number of nitrogens with two attached hydrogens (primary N) is 1. The van der Waals surface area contributed by atoms with E-state index in [1.54, 1.807) is 6.92 Å². The Bertz CT molecular complexity index is 71.4. The second-order valence-corrected chi connectivity index (χ2v) is 3.82. The molecule has 0 bridgehead atoms. The molecule has 0 amide bonds. The second-order valence-electron chi connectivity index (χ2n) is 1.70. The predicted octanol–water partition coefficient (Wildman–Crippen LogP) is -1.82. The molecule has 0 aliphatic carbocycles. The van der Waals surface area contributed by atoms with Crippen LogP contribution >= 0.6 is 0 Å². The largest absolute Gasteiger partial charge is 0.510 e. The van der Waals surface area contributed by atoms with Gasteiger partial charge in [-0.2, -0.15) is 0 Å². The highest BCUT2D eigenvalue weighted by Gasteiger charge is 2.34. The van der Waals surface area contributed by atoms with Crippen LogP contribution in [0.15, 0.2) is 0 Å². The fraction of sp³-hybridized carbons (Fsp3) is 1.00. The Morgan fingerprint density at radius 2 is 1.88 bits per heavy atom. The Balaban J connectivity index is 3.62. The van der Waals surface area contributed by atoms with E-state index in [4.69, 9.17) is 20.1 Å². The molecule has 0 spiro atoms. The van der Waals surface area contributed by atoms with Crippen molar-refractivity contribution in [2.24, 2.45) is 5.73 Å². The van der Waals surface area contributed by atoms with Crippen molar-refractivity contribution in [2.75, 3.05) is 0 Å². The average molecular weight is 137 g/mol. The van der Waals surface area contributed by atoms with Gasteiger partial charge in [-0.15, -0.1) is 0 Å². The third kappa shape index (κ3) is 2.39. The van der Waals surface area contributed by atoms with Crippen LogP contribution in [0, 0.1) is 0 Å². The van der Waals surface area contributed by atoms with Gasteiger partial charge < -0.3 is 20.1 Å². The van der Waals surface area contributed by atoms with Gasteiger partial charge in [0.15, 0.2) is 0 Å². The lowest BCUT2D eigenvalue weighted by Gasteiger charge is -2.14. The molecule has 0 heterocycles. The van der Waals surface area contributed by atoms with E-state index in [0.29, 0.717) is 6.42 Å². The summed E-state index contributed by atoms with van der Waals surface area (Å²) < 4.78 is 0. The van der Waals surface area contributed by atoms with Gasteiger partial charge in [-0.1, -0.05) is 6.92 Å². The SMILES string of the molecule is CCC(N)[Si](O)(O)O. The molecule has 4 nitrogen and oxygen atoms in total. The van der Waals surface area contributed by atoms with Crippen LogP contribution in [0.2, 0.25) is 0 Å². The van der Waals surface area contributed by atoms with Crippen LogP contribution in [-0.4, -0.2) is 28.9 Å². The van der Waals surface area contributed by atoms with E-state index in [1.807, 2.05) is 0 Å². The first-order valence-corrected chi connectivity index (χ1v) is 4.33. The minimum absolute atomic E-state index is 0.385. The zero-order valence-corrected chi connectivity index (χ0v) is 5.70. The third-order valence-electron chi connectivity index (χ3n) is 0.937. The second kappa shape index (κ2) is 2.56. The Labute approximate surface area is 48.9 Å². The van der Waals surface area contributed by atoms with Crippen molar-refractivity contribution >= 4 is 8.80 Å². The third-order valence-corrected chi connectivity index (χ3v) is 2.34. The van der Waals surface area contributed by atoms with Crippen LogP contribution in [0.25, 0.3) is 0 Å². The van der Waals surface area contributed by atoms with Crippen LogP contribution < -0.4 is 5.73 Å². The lowest BCUT2D eigenvalue weighted by molar-refractivity contribution is 0.211. The molecule has 1 unspecified atom stereocenters. The van der Waals surface area contributed by atoms with Crippen molar-refractivity contribution < 1.29 is 14.4 Å². The summed E-state index contributed by atoms with van der Waals surface area (Å²) in [6.45, 7) is 1.68. The normalized spacial score (nSPS) is 16.1. The molecule has 0 aromatic heterocycles. The molecule has 0 fully saturated rings. The lowest BCUT2D eigenvalue weighted by atomic mass is 10.5. The summed E-state index contributed by atoms with van der Waals surface area (Å²) in [5.41, 5.74) is 4.22. The van der Waals surface area contributed by atoms with E-state index in [9.17, 15) is 0 Å². The Morgan fingerprint density at radius 3 is 1.88 bits per heavy atom. The van der Waals surface area contributed by atoms with E-state index < -0.39 is 14.5 Å². The van der Waals surface area contributed by atoms with Crippen molar-refractivity contribution in [3.8, 4) is 0 Å². The zero-order chi connectivity index (χ0) is 6.78. The summed E-state index contributed by atoms with van der Waals surface area (Å²) >= 11 is 0. The molecule has 0 saturated carbocycles. The molecule has 0 aliphatic heterocycles. The number of rotatable bonds is 2. The predicted molar refractivity (Wildman–Crippen MR) is 30.7 cm³/mol. The minimum atomic E-state index is -3.98. The zero-order valence-electron chi connectivity index (χ0n) is 4.70. The van der Waals surface area contributed by atoms with E-state index in [0.717, 1.165) is 0 Å². The molecule has 0 aliphatic rings. The summed E-state index contributed by atoms with van der Waals surface area (Å²) in [6, 6.07) is 0. The highest BCUT2D eigenvalue weighted by Crippen LogP contribution is 1.95. The van der Waals surface area contributed by atoms with Gasteiger partial charge >= 0.3 is 8.80 Å². The highest BCUT2D eigenvalue weighted by atomic mass is 28.4. The van der Waals surface area contributed by atoms with Crippen LogP contribution in [0.5, 0.6) is 0 Å². The topological polar surface area (TPSA) is 86.7 Å². The first-order chi connectivity index (χ1) is 3.48. The van der Waals surface area contributed by atoms with Gasteiger partial charge in [-0.3, -0.25) is 0 Å². The van der Waals surface area contributed by atoms with Gasteiger partial charge in [-0.05, 0) is 6.42 Å². The maximum absolute atomic E-state index is 8.41. The summed E-state index contributed by atoms with van der Waals surface area (Å²) in [7, 11) is -3.98.